The van der Waals surface area contributed by atoms with E-state index < -0.39 is 0 Å². The summed E-state index contributed by atoms with van der Waals surface area (Å²) < 4.78 is 21.7. The van der Waals surface area contributed by atoms with Crippen molar-refractivity contribution in [3.05, 3.63) is 0 Å². The lowest BCUT2D eigenvalue weighted by atomic mass is 9.85. The van der Waals surface area contributed by atoms with Gasteiger partial charge in [-0.3, -0.25) is 0 Å². The molecule has 0 radical (unpaired) electrons. The molecule has 0 amide bonds. The van der Waals surface area contributed by atoms with Gasteiger partial charge in [0, 0.05) is 13.2 Å². The summed E-state index contributed by atoms with van der Waals surface area (Å²) in [5.74, 6) is 0.764. The molecule has 5 heteroatoms. The van der Waals surface area contributed by atoms with Crippen molar-refractivity contribution in [2.45, 2.75) is 38.3 Å². The van der Waals surface area contributed by atoms with Gasteiger partial charge in [-0.25, -0.2) is 0 Å². The van der Waals surface area contributed by atoms with Crippen LogP contribution < -0.4 is 5.32 Å². The van der Waals surface area contributed by atoms with Gasteiger partial charge >= 0.3 is 0 Å². The van der Waals surface area contributed by atoms with E-state index >= 15 is 0 Å². The molecule has 0 aromatic carbocycles. The summed E-state index contributed by atoms with van der Waals surface area (Å²) in [6.45, 7) is 6.08. The minimum Gasteiger partial charge on any atom is -0.382 e. The lowest BCUT2D eigenvalue weighted by Gasteiger charge is -2.34. The Bertz CT molecular complexity index is 228. The van der Waals surface area contributed by atoms with Crippen molar-refractivity contribution in [3.63, 3.8) is 0 Å². The minimum absolute atomic E-state index is 0.324. The standard InChI is InChI=1S/C15H31NO4/c1-13-4-5-14(16-2)15(12-13)20-11-10-19-9-8-18-7-6-17-3/h13-16H,4-12H2,1-3H3. The summed E-state index contributed by atoms with van der Waals surface area (Å²) in [7, 11) is 3.69. The average molecular weight is 289 g/mol. The van der Waals surface area contributed by atoms with Crippen LogP contribution in [-0.2, 0) is 18.9 Å². The fourth-order valence-corrected chi connectivity index (χ4v) is 2.57. The summed E-state index contributed by atoms with van der Waals surface area (Å²) in [5, 5.41) is 3.36. The monoisotopic (exact) mass is 289 g/mol. The number of hydrogen-bond donors (Lipinski definition) is 1. The first-order valence-corrected chi connectivity index (χ1v) is 7.71. The van der Waals surface area contributed by atoms with Crippen molar-refractivity contribution in [3.8, 4) is 0 Å². The van der Waals surface area contributed by atoms with Crippen LogP contribution in [0.5, 0.6) is 0 Å². The zero-order chi connectivity index (χ0) is 14.6. The number of methoxy groups -OCH3 is 1. The Labute approximate surface area is 123 Å². The van der Waals surface area contributed by atoms with E-state index in [4.69, 9.17) is 18.9 Å². The summed E-state index contributed by atoms with van der Waals surface area (Å²) >= 11 is 0. The molecule has 1 aliphatic carbocycles. The summed E-state index contributed by atoms with van der Waals surface area (Å²) in [5.41, 5.74) is 0. The molecule has 120 valence electrons. The third-order valence-corrected chi connectivity index (χ3v) is 3.79. The van der Waals surface area contributed by atoms with Crippen LogP contribution in [0.2, 0.25) is 0 Å². The topological polar surface area (TPSA) is 49.0 Å². The molecule has 1 aliphatic rings. The van der Waals surface area contributed by atoms with Crippen LogP contribution in [-0.4, -0.2) is 65.9 Å². The Morgan fingerprint density at radius 2 is 1.60 bits per heavy atom. The molecule has 5 nitrogen and oxygen atoms in total. The Hall–Kier alpha value is -0.200. The third kappa shape index (κ3) is 7.55. The van der Waals surface area contributed by atoms with Crippen molar-refractivity contribution in [1.82, 2.24) is 5.32 Å². The van der Waals surface area contributed by atoms with Crippen molar-refractivity contribution < 1.29 is 18.9 Å². The van der Waals surface area contributed by atoms with Crippen LogP contribution in [0.25, 0.3) is 0 Å². The molecule has 3 unspecified atom stereocenters. The van der Waals surface area contributed by atoms with Gasteiger partial charge in [-0.15, -0.1) is 0 Å². The van der Waals surface area contributed by atoms with E-state index in [0.717, 1.165) is 12.3 Å². The second-order valence-corrected chi connectivity index (χ2v) is 5.44. The second-order valence-electron chi connectivity index (χ2n) is 5.44. The fraction of sp³-hybridized carbons (Fsp3) is 1.00. The minimum atomic E-state index is 0.324. The Morgan fingerprint density at radius 1 is 0.950 bits per heavy atom. The Kier molecular flexibility index (Phi) is 10.2. The van der Waals surface area contributed by atoms with Crippen LogP contribution in [0.1, 0.15) is 26.2 Å². The molecule has 3 atom stereocenters. The Morgan fingerprint density at radius 3 is 2.25 bits per heavy atom. The quantitative estimate of drug-likeness (QED) is 0.584. The number of hydrogen-bond acceptors (Lipinski definition) is 5. The van der Waals surface area contributed by atoms with E-state index in [0.29, 0.717) is 51.8 Å². The van der Waals surface area contributed by atoms with Crippen molar-refractivity contribution in [1.29, 1.82) is 0 Å². The van der Waals surface area contributed by atoms with Crippen LogP contribution in [0.4, 0.5) is 0 Å². The molecule has 0 heterocycles. The van der Waals surface area contributed by atoms with Gasteiger partial charge in [0.1, 0.15) is 0 Å². The first-order chi connectivity index (χ1) is 9.77. The van der Waals surface area contributed by atoms with Gasteiger partial charge in [-0.2, -0.15) is 0 Å². The van der Waals surface area contributed by atoms with Gasteiger partial charge in [-0.1, -0.05) is 6.92 Å². The normalized spacial score (nSPS) is 26.9. The number of nitrogens with one attached hydrogen (secondary N) is 1. The highest BCUT2D eigenvalue weighted by Crippen LogP contribution is 2.26. The van der Waals surface area contributed by atoms with E-state index in [2.05, 4.69) is 12.2 Å². The van der Waals surface area contributed by atoms with E-state index in [1.807, 2.05) is 7.05 Å². The first-order valence-electron chi connectivity index (χ1n) is 7.71. The first kappa shape index (κ1) is 17.9. The van der Waals surface area contributed by atoms with Gasteiger partial charge in [0.25, 0.3) is 0 Å². The maximum Gasteiger partial charge on any atom is 0.0731 e. The highest BCUT2D eigenvalue weighted by molar-refractivity contribution is 4.83. The molecular weight excluding hydrogens is 258 g/mol. The lowest BCUT2D eigenvalue weighted by Crippen LogP contribution is -2.44. The van der Waals surface area contributed by atoms with Gasteiger partial charge < -0.3 is 24.3 Å². The smallest absolute Gasteiger partial charge is 0.0731 e. The maximum atomic E-state index is 5.95. The molecule has 0 saturated heterocycles. The molecule has 1 N–H and O–H groups in total. The molecule has 0 bridgehead atoms. The largest absolute Gasteiger partial charge is 0.382 e. The van der Waals surface area contributed by atoms with Crippen LogP contribution in [0.15, 0.2) is 0 Å². The lowest BCUT2D eigenvalue weighted by molar-refractivity contribution is -0.0419. The van der Waals surface area contributed by atoms with Crippen molar-refractivity contribution in [2.24, 2.45) is 5.92 Å². The Balaban J connectivity index is 1.96. The van der Waals surface area contributed by atoms with Gasteiger partial charge in [0.2, 0.25) is 0 Å². The predicted molar refractivity (Wildman–Crippen MR) is 79.1 cm³/mol. The number of likely N-dealkylation sites (N-methyl/N-ethyl adjacent to an activating group) is 1. The van der Waals surface area contributed by atoms with Crippen LogP contribution in [0, 0.1) is 5.92 Å². The molecule has 1 fully saturated rings. The zero-order valence-corrected chi connectivity index (χ0v) is 13.2. The molecular formula is C15H31NO4. The van der Waals surface area contributed by atoms with Gasteiger partial charge in [-0.05, 0) is 32.2 Å². The third-order valence-electron chi connectivity index (χ3n) is 3.79. The van der Waals surface area contributed by atoms with Crippen LogP contribution >= 0.6 is 0 Å². The zero-order valence-electron chi connectivity index (χ0n) is 13.2. The van der Waals surface area contributed by atoms with Crippen molar-refractivity contribution in [2.75, 3.05) is 53.8 Å². The number of rotatable bonds is 11. The molecule has 20 heavy (non-hydrogen) atoms. The SMILES string of the molecule is CNC1CCC(C)CC1OCCOCCOCCOC. The fourth-order valence-electron chi connectivity index (χ4n) is 2.57. The highest BCUT2D eigenvalue weighted by atomic mass is 16.6. The highest BCUT2D eigenvalue weighted by Gasteiger charge is 2.27. The van der Waals surface area contributed by atoms with Gasteiger partial charge in [0.05, 0.1) is 45.7 Å². The van der Waals surface area contributed by atoms with Crippen molar-refractivity contribution >= 4 is 0 Å². The van der Waals surface area contributed by atoms with E-state index in [1.54, 1.807) is 7.11 Å². The predicted octanol–water partition coefficient (Wildman–Crippen LogP) is 1.46. The summed E-state index contributed by atoms with van der Waals surface area (Å²) in [6, 6.07) is 0.489. The average Bonchev–Trinajstić information content (AvgIpc) is 2.46. The molecule has 1 rings (SSSR count). The van der Waals surface area contributed by atoms with E-state index in [-0.39, 0.29) is 0 Å². The number of ether oxygens (including phenoxy) is 4. The van der Waals surface area contributed by atoms with E-state index in [9.17, 15) is 0 Å². The second kappa shape index (κ2) is 11.5. The molecule has 1 saturated carbocycles. The molecule has 0 spiro atoms. The van der Waals surface area contributed by atoms with E-state index in [1.165, 1.54) is 12.8 Å². The molecule has 0 aromatic rings. The van der Waals surface area contributed by atoms with Gasteiger partial charge in [0.15, 0.2) is 0 Å². The maximum absolute atomic E-state index is 5.95. The summed E-state index contributed by atoms with van der Waals surface area (Å²) in [4.78, 5) is 0. The summed E-state index contributed by atoms with van der Waals surface area (Å²) in [6.07, 6.45) is 3.97. The molecule has 0 aliphatic heterocycles. The van der Waals surface area contributed by atoms with Crippen LogP contribution in [0.3, 0.4) is 0 Å². The molecule has 0 aromatic heterocycles.